The van der Waals surface area contributed by atoms with Gasteiger partial charge in [-0.1, -0.05) is 29.8 Å². The van der Waals surface area contributed by atoms with E-state index in [1.807, 2.05) is 24.3 Å². The van der Waals surface area contributed by atoms with Gasteiger partial charge in [-0.15, -0.1) is 0 Å². The van der Waals surface area contributed by atoms with Gasteiger partial charge in [0.05, 0.1) is 11.3 Å². The van der Waals surface area contributed by atoms with E-state index < -0.39 is 5.97 Å². The maximum atomic E-state index is 12.6. The molecule has 0 saturated heterocycles. The van der Waals surface area contributed by atoms with E-state index in [-0.39, 0.29) is 23.3 Å². The van der Waals surface area contributed by atoms with Gasteiger partial charge in [-0.05, 0) is 50.2 Å². The maximum absolute atomic E-state index is 12.6. The van der Waals surface area contributed by atoms with Crippen molar-refractivity contribution in [2.24, 2.45) is 11.3 Å². The topological polar surface area (TPSA) is 66.4 Å². The fourth-order valence-electron chi connectivity index (χ4n) is 3.32. The summed E-state index contributed by atoms with van der Waals surface area (Å²) in [7, 11) is 0. The predicted molar refractivity (Wildman–Crippen MR) is 83.7 cm³/mol. The Morgan fingerprint density at radius 1 is 1.27 bits per heavy atom. The summed E-state index contributed by atoms with van der Waals surface area (Å²) < 4.78 is 0. The summed E-state index contributed by atoms with van der Waals surface area (Å²) in [6.07, 6.45) is 4.36. The van der Waals surface area contributed by atoms with Crippen LogP contribution in [0.4, 0.5) is 0 Å². The van der Waals surface area contributed by atoms with Gasteiger partial charge in [0.1, 0.15) is 0 Å². The van der Waals surface area contributed by atoms with Crippen LogP contribution in [0.15, 0.2) is 24.3 Å². The van der Waals surface area contributed by atoms with Crippen molar-refractivity contribution in [3.63, 3.8) is 0 Å². The van der Waals surface area contributed by atoms with Crippen molar-refractivity contribution in [2.75, 3.05) is 0 Å². The number of amides is 1. The Bertz CT molecular complexity index is 597. The zero-order chi connectivity index (χ0) is 15.7. The number of halogens is 1. The molecular weight excluding hydrogens is 302 g/mol. The lowest BCUT2D eigenvalue weighted by Crippen LogP contribution is -2.39. The van der Waals surface area contributed by atoms with Crippen molar-refractivity contribution in [1.82, 2.24) is 5.32 Å². The highest BCUT2D eigenvalue weighted by molar-refractivity contribution is 6.31. The molecule has 0 spiro atoms. The van der Waals surface area contributed by atoms with Gasteiger partial charge < -0.3 is 10.4 Å². The van der Waals surface area contributed by atoms with Gasteiger partial charge >= 0.3 is 5.97 Å². The standard InChI is InChI=1S/C17H20ClNO3/c18-14-4-2-1-3-12(14)10-17(7-8-17)16(22)19-13-6-5-11(9-13)15(20)21/h1-4,11,13H,5-10H2,(H,19,22)(H,20,21)/t11-,13+/m1/s1. The summed E-state index contributed by atoms with van der Waals surface area (Å²) in [5.74, 6) is -1.01. The summed E-state index contributed by atoms with van der Waals surface area (Å²) >= 11 is 6.19. The monoisotopic (exact) mass is 321 g/mol. The van der Waals surface area contributed by atoms with Gasteiger partial charge in [-0.3, -0.25) is 9.59 Å². The SMILES string of the molecule is O=C(O)[C@@H]1CC[C@H](NC(=O)C2(Cc3ccccc3Cl)CC2)C1. The van der Waals surface area contributed by atoms with E-state index in [4.69, 9.17) is 16.7 Å². The zero-order valence-corrected chi connectivity index (χ0v) is 13.1. The fourth-order valence-corrected chi connectivity index (χ4v) is 3.52. The van der Waals surface area contributed by atoms with Crippen LogP contribution in [0, 0.1) is 11.3 Å². The molecule has 0 aliphatic heterocycles. The highest BCUT2D eigenvalue weighted by atomic mass is 35.5. The lowest BCUT2D eigenvalue weighted by molar-refractivity contribution is -0.141. The smallest absolute Gasteiger partial charge is 0.306 e. The number of rotatable bonds is 5. The summed E-state index contributed by atoms with van der Waals surface area (Å²) in [6.45, 7) is 0. The van der Waals surface area contributed by atoms with E-state index in [1.165, 1.54) is 0 Å². The second-order valence-electron chi connectivity index (χ2n) is 6.57. The third kappa shape index (κ3) is 3.12. The Labute approximate surface area is 134 Å². The normalized spacial score (nSPS) is 25.7. The van der Waals surface area contributed by atoms with Gasteiger partial charge in [-0.25, -0.2) is 0 Å². The first-order valence-electron chi connectivity index (χ1n) is 7.77. The van der Waals surface area contributed by atoms with Crippen molar-refractivity contribution in [1.29, 1.82) is 0 Å². The average Bonchev–Trinajstić information content (AvgIpc) is 3.11. The number of hydrogen-bond donors (Lipinski definition) is 2. The van der Waals surface area contributed by atoms with Gasteiger partial charge in [0, 0.05) is 11.1 Å². The molecule has 0 bridgehead atoms. The molecule has 5 heteroatoms. The number of carboxylic acid groups (broad SMARTS) is 1. The quantitative estimate of drug-likeness (QED) is 0.876. The molecule has 118 valence electrons. The number of carbonyl (C=O) groups excluding carboxylic acids is 1. The molecule has 2 aliphatic rings. The second-order valence-corrected chi connectivity index (χ2v) is 6.97. The third-order valence-corrected chi connectivity index (χ3v) is 5.31. The van der Waals surface area contributed by atoms with Crippen molar-refractivity contribution in [3.05, 3.63) is 34.9 Å². The first-order chi connectivity index (χ1) is 10.5. The zero-order valence-electron chi connectivity index (χ0n) is 12.3. The summed E-state index contributed by atoms with van der Waals surface area (Å²) in [5, 5.41) is 12.8. The van der Waals surface area contributed by atoms with Crippen LogP contribution in [0.2, 0.25) is 5.02 Å². The molecule has 3 rings (SSSR count). The van der Waals surface area contributed by atoms with Gasteiger partial charge in [0.2, 0.25) is 5.91 Å². The van der Waals surface area contributed by atoms with Gasteiger partial charge in [0.25, 0.3) is 0 Å². The largest absolute Gasteiger partial charge is 0.481 e. The van der Waals surface area contributed by atoms with E-state index in [2.05, 4.69) is 5.32 Å². The molecule has 2 aliphatic carbocycles. The number of aliphatic carboxylic acids is 1. The molecule has 0 heterocycles. The summed E-state index contributed by atoms with van der Waals surface area (Å²) in [5.41, 5.74) is 0.665. The van der Waals surface area contributed by atoms with Crippen molar-refractivity contribution >= 4 is 23.5 Å². The minimum Gasteiger partial charge on any atom is -0.481 e. The van der Waals surface area contributed by atoms with E-state index in [0.29, 0.717) is 24.3 Å². The molecule has 22 heavy (non-hydrogen) atoms. The van der Waals surface area contributed by atoms with E-state index >= 15 is 0 Å². The lowest BCUT2D eigenvalue weighted by Gasteiger charge is -2.19. The van der Waals surface area contributed by atoms with Gasteiger partial charge in [-0.2, -0.15) is 0 Å². The number of carboxylic acids is 1. The van der Waals surface area contributed by atoms with Crippen LogP contribution in [0.25, 0.3) is 0 Å². The van der Waals surface area contributed by atoms with Crippen LogP contribution in [-0.4, -0.2) is 23.0 Å². The Hall–Kier alpha value is -1.55. The molecule has 1 aromatic rings. The first-order valence-corrected chi connectivity index (χ1v) is 8.15. The van der Waals surface area contributed by atoms with Crippen molar-refractivity contribution < 1.29 is 14.7 Å². The number of nitrogens with one attached hydrogen (secondary N) is 1. The van der Waals surface area contributed by atoms with E-state index in [0.717, 1.165) is 24.8 Å². The molecule has 2 atom stereocenters. The van der Waals surface area contributed by atoms with Crippen LogP contribution in [0.5, 0.6) is 0 Å². The van der Waals surface area contributed by atoms with Crippen molar-refractivity contribution in [3.8, 4) is 0 Å². The fraction of sp³-hybridized carbons (Fsp3) is 0.529. The number of hydrogen-bond acceptors (Lipinski definition) is 2. The molecule has 2 saturated carbocycles. The van der Waals surface area contributed by atoms with Crippen LogP contribution in [0.1, 0.15) is 37.7 Å². The summed E-state index contributed by atoms with van der Waals surface area (Å²) in [4.78, 5) is 23.6. The minimum absolute atomic E-state index is 0.00248. The Balaban J connectivity index is 1.60. The Morgan fingerprint density at radius 2 is 2.00 bits per heavy atom. The lowest BCUT2D eigenvalue weighted by atomic mass is 9.95. The predicted octanol–water partition coefficient (Wildman–Crippen LogP) is 3.03. The summed E-state index contributed by atoms with van der Waals surface area (Å²) in [6, 6.07) is 7.63. The molecule has 1 amide bonds. The third-order valence-electron chi connectivity index (χ3n) is 4.94. The maximum Gasteiger partial charge on any atom is 0.306 e. The molecule has 0 unspecified atom stereocenters. The second kappa shape index (κ2) is 5.92. The molecule has 0 radical (unpaired) electrons. The van der Waals surface area contributed by atoms with Crippen LogP contribution in [0.3, 0.4) is 0 Å². The van der Waals surface area contributed by atoms with E-state index in [9.17, 15) is 9.59 Å². The first kappa shape index (κ1) is 15.3. The molecule has 4 nitrogen and oxygen atoms in total. The van der Waals surface area contributed by atoms with Crippen LogP contribution >= 0.6 is 11.6 Å². The molecule has 2 fully saturated rings. The van der Waals surface area contributed by atoms with E-state index in [1.54, 1.807) is 0 Å². The Morgan fingerprint density at radius 3 is 2.59 bits per heavy atom. The minimum atomic E-state index is -0.756. The van der Waals surface area contributed by atoms with Crippen LogP contribution in [-0.2, 0) is 16.0 Å². The number of benzene rings is 1. The molecule has 2 N–H and O–H groups in total. The van der Waals surface area contributed by atoms with Crippen LogP contribution < -0.4 is 5.32 Å². The molecular formula is C17H20ClNO3. The highest BCUT2D eigenvalue weighted by Gasteiger charge is 2.50. The van der Waals surface area contributed by atoms with Crippen molar-refractivity contribution in [2.45, 2.75) is 44.6 Å². The number of carbonyl (C=O) groups is 2. The highest BCUT2D eigenvalue weighted by Crippen LogP contribution is 2.49. The Kier molecular flexibility index (Phi) is 4.13. The molecule has 0 aromatic heterocycles. The average molecular weight is 322 g/mol. The molecule has 1 aromatic carbocycles. The van der Waals surface area contributed by atoms with Gasteiger partial charge in [0.15, 0.2) is 0 Å².